The average Bonchev–Trinajstić information content (AvgIpc) is 2.42. The molecule has 0 saturated heterocycles. The van der Waals surface area contributed by atoms with Crippen molar-refractivity contribution in [3.8, 4) is 0 Å². The summed E-state index contributed by atoms with van der Waals surface area (Å²) in [5, 5.41) is 20.6. The van der Waals surface area contributed by atoms with Crippen LogP contribution in [0.15, 0.2) is 18.2 Å². The number of nitrogens with zero attached hydrogens (tertiary/aromatic N) is 2. The Morgan fingerprint density at radius 2 is 2.05 bits per heavy atom. The van der Waals surface area contributed by atoms with E-state index in [9.17, 15) is 20.0 Å². The summed E-state index contributed by atoms with van der Waals surface area (Å²) in [5.41, 5.74) is 0.0376. The lowest BCUT2D eigenvalue weighted by Gasteiger charge is -2.29. The minimum atomic E-state index is -1.14. The molecule has 0 spiro atoms. The van der Waals surface area contributed by atoms with Crippen LogP contribution in [0.1, 0.15) is 50.4 Å². The van der Waals surface area contributed by atoms with Crippen molar-refractivity contribution < 1.29 is 14.8 Å². The summed E-state index contributed by atoms with van der Waals surface area (Å²) in [6.45, 7) is 6.51. The van der Waals surface area contributed by atoms with Crippen LogP contribution in [-0.2, 0) is 0 Å². The van der Waals surface area contributed by atoms with E-state index in [2.05, 4.69) is 6.92 Å². The first-order valence-electron chi connectivity index (χ1n) is 7.17. The third-order valence-corrected chi connectivity index (χ3v) is 3.35. The molecule has 0 radical (unpaired) electrons. The highest BCUT2D eigenvalue weighted by atomic mass is 16.6. The fourth-order valence-electron chi connectivity index (χ4n) is 2.31. The molecule has 1 aromatic carbocycles. The summed E-state index contributed by atoms with van der Waals surface area (Å²) in [4.78, 5) is 23.9. The highest BCUT2D eigenvalue weighted by Gasteiger charge is 2.27. The molecule has 1 aromatic rings. The fraction of sp³-hybridized carbons (Fsp3) is 0.533. The molecule has 6 heteroatoms. The molecule has 0 fully saturated rings. The van der Waals surface area contributed by atoms with E-state index in [1.54, 1.807) is 0 Å². The van der Waals surface area contributed by atoms with Crippen molar-refractivity contribution in [2.24, 2.45) is 0 Å². The number of carbonyl (C=O) groups is 1. The van der Waals surface area contributed by atoms with Gasteiger partial charge < -0.3 is 10.0 Å². The van der Waals surface area contributed by atoms with Gasteiger partial charge >= 0.3 is 5.97 Å². The Labute approximate surface area is 124 Å². The lowest BCUT2D eigenvalue weighted by Crippen LogP contribution is -2.33. The number of hydrogen-bond acceptors (Lipinski definition) is 4. The van der Waals surface area contributed by atoms with Crippen LogP contribution in [0, 0.1) is 10.1 Å². The largest absolute Gasteiger partial charge is 0.478 e. The molecule has 0 bridgehead atoms. The van der Waals surface area contributed by atoms with Gasteiger partial charge in [0.05, 0.1) is 10.5 Å². The Morgan fingerprint density at radius 3 is 2.52 bits per heavy atom. The first kappa shape index (κ1) is 16.9. The molecule has 0 aliphatic rings. The zero-order valence-corrected chi connectivity index (χ0v) is 12.7. The lowest BCUT2D eigenvalue weighted by molar-refractivity contribution is -0.384. The van der Waals surface area contributed by atoms with E-state index in [0.29, 0.717) is 6.54 Å². The first-order valence-corrected chi connectivity index (χ1v) is 7.17. The molecule has 0 saturated carbocycles. The minimum absolute atomic E-state index is 0.0129. The normalized spacial score (nSPS) is 10.7. The molecule has 0 heterocycles. The SMILES string of the molecule is CCCCCN(c1c(C(=O)O)cccc1[N+](=O)[O-])C(C)C. The molecular formula is C15H22N2O4. The smallest absolute Gasteiger partial charge is 0.338 e. The highest BCUT2D eigenvalue weighted by Crippen LogP contribution is 2.33. The molecular weight excluding hydrogens is 272 g/mol. The summed E-state index contributed by atoms with van der Waals surface area (Å²) < 4.78 is 0. The van der Waals surface area contributed by atoms with Gasteiger partial charge in [0.2, 0.25) is 0 Å². The van der Waals surface area contributed by atoms with Crippen molar-refractivity contribution in [3.63, 3.8) is 0 Å². The van der Waals surface area contributed by atoms with Crippen molar-refractivity contribution >= 4 is 17.3 Å². The molecule has 1 rings (SSSR count). The van der Waals surface area contributed by atoms with Crippen molar-refractivity contribution in [2.45, 2.75) is 46.1 Å². The van der Waals surface area contributed by atoms with Crippen LogP contribution in [-0.4, -0.2) is 28.6 Å². The monoisotopic (exact) mass is 294 g/mol. The number of hydrogen-bond donors (Lipinski definition) is 1. The predicted octanol–water partition coefficient (Wildman–Crippen LogP) is 3.70. The quantitative estimate of drug-likeness (QED) is 0.449. The Balaban J connectivity index is 3.32. The Hall–Kier alpha value is -2.11. The fourth-order valence-corrected chi connectivity index (χ4v) is 2.31. The number of unbranched alkanes of at least 4 members (excludes halogenated alkanes) is 2. The minimum Gasteiger partial charge on any atom is -0.478 e. The highest BCUT2D eigenvalue weighted by molar-refractivity contribution is 5.97. The van der Waals surface area contributed by atoms with Crippen LogP contribution < -0.4 is 4.90 Å². The van der Waals surface area contributed by atoms with E-state index in [0.717, 1.165) is 19.3 Å². The number of nitro benzene ring substituents is 1. The van der Waals surface area contributed by atoms with Gasteiger partial charge in [0.15, 0.2) is 0 Å². The van der Waals surface area contributed by atoms with Gasteiger partial charge in [-0.1, -0.05) is 25.8 Å². The maximum atomic E-state index is 11.4. The van der Waals surface area contributed by atoms with Crippen LogP contribution in [0.25, 0.3) is 0 Å². The molecule has 0 aromatic heterocycles. The van der Waals surface area contributed by atoms with Gasteiger partial charge in [-0.15, -0.1) is 0 Å². The van der Waals surface area contributed by atoms with E-state index in [4.69, 9.17) is 0 Å². The zero-order valence-electron chi connectivity index (χ0n) is 12.7. The zero-order chi connectivity index (χ0) is 16.0. The summed E-state index contributed by atoms with van der Waals surface area (Å²) in [5.74, 6) is -1.14. The third-order valence-electron chi connectivity index (χ3n) is 3.35. The van der Waals surface area contributed by atoms with E-state index >= 15 is 0 Å². The number of carboxylic acid groups (broad SMARTS) is 1. The molecule has 21 heavy (non-hydrogen) atoms. The molecule has 0 unspecified atom stereocenters. The number of carboxylic acids is 1. The molecule has 116 valence electrons. The summed E-state index contributed by atoms with van der Waals surface area (Å²) >= 11 is 0. The number of anilines is 1. The van der Waals surface area contributed by atoms with Crippen molar-refractivity contribution in [3.05, 3.63) is 33.9 Å². The van der Waals surface area contributed by atoms with Gasteiger partial charge in [0.25, 0.3) is 5.69 Å². The summed E-state index contributed by atoms with van der Waals surface area (Å²) in [7, 11) is 0. The van der Waals surface area contributed by atoms with E-state index in [1.165, 1.54) is 18.2 Å². The maximum Gasteiger partial charge on any atom is 0.338 e. The van der Waals surface area contributed by atoms with E-state index in [-0.39, 0.29) is 23.0 Å². The molecule has 1 N–H and O–H groups in total. The van der Waals surface area contributed by atoms with Crippen molar-refractivity contribution in [1.29, 1.82) is 0 Å². The van der Waals surface area contributed by atoms with Crippen LogP contribution in [0.5, 0.6) is 0 Å². The number of nitro groups is 1. The molecule has 0 aliphatic carbocycles. The van der Waals surface area contributed by atoms with Gasteiger partial charge in [-0.25, -0.2) is 4.79 Å². The Kier molecular flexibility index (Phi) is 6.14. The third kappa shape index (κ3) is 4.18. The molecule has 0 atom stereocenters. The average molecular weight is 294 g/mol. The predicted molar refractivity (Wildman–Crippen MR) is 82.1 cm³/mol. The summed E-state index contributed by atoms with van der Waals surface area (Å²) in [6.07, 6.45) is 2.92. The van der Waals surface area contributed by atoms with Crippen molar-refractivity contribution in [2.75, 3.05) is 11.4 Å². The molecule has 6 nitrogen and oxygen atoms in total. The van der Waals surface area contributed by atoms with Gasteiger partial charge in [0, 0.05) is 18.7 Å². The number of benzene rings is 1. The Bertz CT molecular complexity index is 482. The van der Waals surface area contributed by atoms with Gasteiger partial charge in [-0.05, 0) is 26.3 Å². The van der Waals surface area contributed by atoms with E-state index < -0.39 is 10.9 Å². The number of aromatic carboxylic acids is 1. The topological polar surface area (TPSA) is 83.7 Å². The second-order valence-electron chi connectivity index (χ2n) is 5.23. The lowest BCUT2D eigenvalue weighted by atomic mass is 10.1. The molecule has 0 aliphatic heterocycles. The van der Waals surface area contributed by atoms with Crippen LogP contribution in [0.3, 0.4) is 0 Å². The van der Waals surface area contributed by atoms with Gasteiger partial charge in [-0.2, -0.15) is 0 Å². The standard InChI is InChI=1S/C15H22N2O4/c1-4-5-6-10-16(11(2)3)14-12(15(18)19)8-7-9-13(14)17(20)21/h7-9,11H,4-6,10H2,1-3H3,(H,18,19). The maximum absolute atomic E-state index is 11.4. The molecule has 0 amide bonds. The van der Waals surface area contributed by atoms with Crippen LogP contribution in [0.4, 0.5) is 11.4 Å². The number of para-hydroxylation sites is 1. The van der Waals surface area contributed by atoms with Gasteiger partial charge in [0.1, 0.15) is 5.69 Å². The van der Waals surface area contributed by atoms with E-state index in [1.807, 2.05) is 18.7 Å². The second-order valence-corrected chi connectivity index (χ2v) is 5.23. The second kappa shape index (κ2) is 7.61. The Morgan fingerprint density at radius 1 is 1.38 bits per heavy atom. The summed E-state index contributed by atoms with van der Waals surface area (Å²) in [6, 6.07) is 4.17. The van der Waals surface area contributed by atoms with Crippen molar-refractivity contribution in [1.82, 2.24) is 0 Å². The number of rotatable bonds is 8. The first-order chi connectivity index (χ1) is 9.90. The van der Waals surface area contributed by atoms with Crippen LogP contribution in [0.2, 0.25) is 0 Å². The van der Waals surface area contributed by atoms with Crippen LogP contribution >= 0.6 is 0 Å². The van der Waals surface area contributed by atoms with Gasteiger partial charge in [-0.3, -0.25) is 10.1 Å².